The van der Waals surface area contributed by atoms with Gasteiger partial charge in [0, 0.05) is 22.2 Å². The van der Waals surface area contributed by atoms with Crippen LogP contribution in [0.2, 0.25) is 10.0 Å². The number of rotatable bonds is 6. The lowest BCUT2D eigenvalue weighted by molar-refractivity contribution is -0.885. The monoisotopic (exact) mass is 337 g/mol. The van der Waals surface area contributed by atoms with Gasteiger partial charge in [-0.25, -0.2) is 0 Å². The molecule has 0 bridgehead atoms. The second-order valence-electron chi connectivity index (χ2n) is 5.27. The van der Waals surface area contributed by atoms with Crippen LogP contribution in [0.3, 0.4) is 0 Å². The lowest BCUT2D eigenvalue weighted by atomic mass is 10.2. The van der Waals surface area contributed by atoms with E-state index >= 15 is 0 Å². The number of quaternary nitrogens is 1. The molecule has 1 atom stereocenters. The van der Waals surface area contributed by atoms with Gasteiger partial charge in [-0.2, -0.15) is 0 Å². The zero-order chi connectivity index (χ0) is 15.9. The molecule has 0 aliphatic heterocycles. The molecule has 0 saturated heterocycles. The van der Waals surface area contributed by atoms with Gasteiger partial charge in [0.1, 0.15) is 6.54 Å². The molecule has 0 spiro atoms. The van der Waals surface area contributed by atoms with Crippen molar-refractivity contribution in [1.82, 2.24) is 5.32 Å². The third kappa shape index (κ3) is 5.02. The van der Waals surface area contributed by atoms with E-state index in [1.54, 1.807) is 0 Å². The number of carbonyl (C=O) groups excluding carboxylic acids is 1. The molecule has 0 saturated carbocycles. The van der Waals surface area contributed by atoms with Crippen molar-refractivity contribution in [1.29, 1.82) is 0 Å². The molecule has 2 rings (SSSR count). The Hall–Kier alpha value is -1.55. The third-order valence-electron chi connectivity index (χ3n) is 3.35. The number of amides is 1. The van der Waals surface area contributed by atoms with Crippen LogP contribution < -0.4 is 10.2 Å². The van der Waals surface area contributed by atoms with E-state index in [2.05, 4.69) is 5.32 Å². The Morgan fingerprint density at radius 1 is 1.00 bits per heavy atom. The fourth-order valence-electron chi connectivity index (χ4n) is 2.20. The van der Waals surface area contributed by atoms with Crippen molar-refractivity contribution in [3.05, 3.63) is 69.7 Å². The molecule has 2 aromatic carbocycles. The van der Waals surface area contributed by atoms with Crippen molar-refractivity contribution in [2.45, 2.75) is 13.1 Å². The molecule has 5 heteroatoms. The van der Waals surface area contributed by atoms with Gasteiger partial charge in [0.2, 0.25) is 0 Å². The van der Waals surface area contributed by atoms with Crippen LogP contribution in [0.25, 0.3) is 0 Å². The number of likely N-dealkylation sites (N-methyl/N-ethyl adjacent to an activating group) is 1. The van der Waals surface area contributed by atoms with E-state index in [0.29, 0.717) is 24.7 Å². The zero-order valence-electron chi connectivity index (χ0n) is 12.4. The molecule has 3 nitrogen and oxygen atoms in total. The Labute approximate surface area is 140 Å². The molecule has 0 aromatic heterocycles. The van der Waals surface area contributed by atoms with Gasteiger partial charge in [0.15, 0.2) is 6.54 Å². The molecule has 2 aromatic rings. The summed E-state index contributed by atoms with van der Waals surface area (Å²) in [5.74, 6) is -0.00975. The summed E-state index contributed by atoms with van der Waals surface area (Å²) < 4.78 is 0. The summed E-state index contributed by atoms with van der Waals surface area (Å²) >= 11 is 12.2. The number of nitrogens with one attached hydrogen (secondary N) is 2. The van der Waals surface area contributed by atoms with Crippen molar-refractivity contribution in [2.75, 3.05) is 13.6 Å². The lowest BCUT2D eigenvalue weighted by Gasteiger charge is -2.15. The highest BCUT2D eigenvalue weighted by Crippen LogP contribution is 2.14. The first-order chi connectivity index (χ1) is 10.6. The smallest absolute Gasteiger partial charge is 0.275 e. The number of hydrogen-bond donors (Lipinski definition) is 2. The van der Waals surface area contributed by atoms with Crippen LogP contribution in [-0.4, -0.2) is 19.5 Å². The van der Waals surface area contributed by atoms with Crippen LogP contribution in [0.1, 0.15) is 11.1 Å². The Morgan fingerprint density at radius 3 is 2.14 bits per heavy atom. The standard InChI is InChI=1S/C17H18Cl2N2O/c1-21(11-14-7-3-5-9-16(14)19)12-17(22)20-10-13-6-2-4-8-15(13)18/h2-9H,10-12H2,1H3,(H,20,22)/p+1. The maximum absolute atomic E-state index is 12.0. The van der Waals surface area contributed by atoms with Gasteiger partial charge in [0.25, 0.3) is 5.91 Å². The quantitative estimate of drug-likeness (QED) is 0.833. The molecule has 0 fully saturated rings. The molecule has 0 aliphatic carbocycles. The van der Waals surface area contributed by atoms with E-state index in [0.717, 1.165) is 21.0 Å². The second kappa shape index (κ2) is 8.18. The van der Waals surface area contributed by atoms with E-state index in [1.165, 1.54) is 0 Å². The van der Waals surface area contributed by atoms with Crippen LogP contribution in [-0.2, 0) is 17.9 Å². The molecule has 0 radical (unpaired) electrons. The third-order valence-corrected chi connectivity index (χ3v) is 4.08. The molecular formula is C17H19Cl2N2O+. The average Bonchev–Trinajstić information content (AvgIpc) is 2.49. The SMILES string of the molecule is C[NH+](CC(=O)NCc1ccccc1Cl)Cc1ccccc1Cl. The van der Waals surface area contributed by atoms with E-state index in [4.69, 9.17) is 23.2 Å². The van der Waals surface area contributed by atoms with Crippen molar-refractivity contribution in [3.8, 4) is 0 Å². The molecule has 0 aliphatic rings. The number of halogens is 2. The Morgan fingerprint density at radius 2 is 1.55 bits per heavy atom. The molecule has 2 N–H and O–H groups in total. The predicted molar refractivity (Wildman–Crippen MR) is 90.2 cm³/mol. The van der Waals surface area contributed by atoms with E-state index in [1.807, 2.05) is 55.6 Å². The molecule has 1 amide bonds. The van der Waals surface area contributed by atoms with Crippen molar-refractivity contribution in [2.24, 2.45) is 0 Å². The molecule has 1 unspecified atom stereocenters. The fourth-order valence-corrected chi connectivity index (χ4v) is 2.61. The van der Waals surface area contributed by atoms with Crippen LogP contribution in [0, 0.1) is 0 Å². The highest BCUT2D eigenvalue weighted by molar-refractivity contribution is 6.31. The van der Waals surface area contributed by atoms with Gasteiger partial charge in [0.05, 0.1) is 7.05 Å². The van der Waals surface area contributed by atoms with E-state index in [-0.39, 0.29) is 5.91 Å². The maximum Gasteiger partial charge on any atom is 0.275 e. The highest BCUT2D eigenvalue weighted by Gasteiger charge is 2.12. The summed E-state index contributed by atoms with van der Waals surface area (Å²) in [5, 5.41) is 4.29. The van der Waals surface area contributed by atoms with Crippen LogP contribution in [0.5, 0.6) is 0 Å². The predicted octanol–water partition coefficient (Wildman–Crippen LogP) is 2.32. The molecule has 116 valence electrons. The minimum Gasteiger partial charge on any atom is -0.347 e. The largest absolute Gasteiger partial charge is 0.347 e. The number of hydrogen-bond acceptors (Lipinski definition) is 1. The summed E-state index contributed by atoms with van der Waals surface area (Å²) in [5.41, 5.74) is 1.96. The van der Waals surface area contributed by atoms with Gasteiger partial charge < -0.3 is 10.2 Å². The van der Waals surface area contributed by atoms with Gasteiger partial charge in [-0.1, -0.05) is 59.6 Å². The summed E-state index contributed by atoms with van der Waals surface area (Å²) in [6.45, 7) is 1.53. The van der Waals surface area contributed by atoms with E-state index in [9.17, 15) is 4.79 Å². The van der Waals surface area contributed by atoms with Crippen LogP contribution in [0.15, 0.2) is 48.5 Å². The Balaban J connectivity index is 1.82. The highest BCUT2D eigenvalue weighted by atomic mass is 35.5. The van der Waals surface area contributed by atoms with E-state index < -0.39 is 0 Å². The Kier molecular flexibility index (Phi) is 6.25. The second-order valence-corrected chi connectivity index (χ2v) is 6.08. The fraction of sp³-hybridized carbons (Fsp3) is 0.235. The minimum atomic E-state index is -0.00975. The van der Waals surface area contributed by atoms with Gasteiger partial charge in [-0.15, -0.1) is 0 Å². The number of benzene rings is 2. The average molecular weight is 338 g/mol. The maximum atomic E-state index is 12.0. The van der Waals surface area contributed by atoms with Gasteiger partial charge in [-0.05, 0) is 17.7 Å². The van der Waals surface area contributed by atoms with Crippen molar-refractivity contribution >= 4 is 29.1 Å². The van der Waals surface area contributed by atoms with Crippen LogP contribution >= 0.6 is 23.2 Å². The molecule has 22 heavy (non-hydrogen) atoms. The normalized spacial score (nSPS) is 12.0. The van der Waals surface area contributed by atoms with Crippen molar-refractivity contribution in [3.63, 3.8) is 0 Å². The first kappa shape index (κ1) is 16.8. The minimum absolute atomic E-state index is 0.00975. The molecular weight excluding hydrogens is 319 g/mol. The van der Waals surface area contributed by atoms with Gasteiger partial charge in [-0.3, -0.25) is 4.79 Å². The lowest BCUT2D eigenvalue weighted by Crippen LogP contribution is -3.08. The summed E-state index contributed by atoms with van der Waals surface area (Å²) in [4.78, 5) is 13.1. The first-order valence-electron chi connectivity index (χ1n) is 7.11. The first-order valence-corrected chi connectivity index (χ1v) is 7.86. The van der Waals surface area contributed by atoms with Crippen LogP contribution in [0.4, 0.5) is 0 Å². The summed E-state index contributed by atoms with van der Waals surface area (Å²) in [6, 6.07) is 15.2. The Bertz CT molecular complexity index is 646. The van der Waals surface area contributed by atoms with Crippen molar-refractivity contribution < 1.29 is 9.69 Å². The van der Waals surface area contributed by atoms with Gasteiger partial charge >= 0.3 is 0 Å². The number of carbonyl (C=O) groups is 1. The zero-order valence-corrected chi connectivity index (χ0v) is 13.9. The topological polar surface area (TPSA) is 33.5 Å². The summed E-state index contributed by atoms with van der Waals surface area (Å²) in [6.07, 6.45) is 0. The summed E-state index contributed by atoms with van der Waals surface area (Å²) in [7, 11) is 1.97. The molecule has 0 heterocycles.